The molecule has 0 spiro atoms. The van der Waals surface area contributed by atoms with Crippen molar-refractivity contribution in [2.24, 2.45) is 7.05 Å². The Hall–Kier alpha value is -0.735. The van der Waals surface area contributed by atoms with Gasteiger partial charge in [-0.3, -0.25) is 0 Å². The molecule has 0 N–H and O–H groups in total. The molecule has 2 heterocycles. The van der Waals surface area contributed by atoms with Crippen LogP contribution in [0.25, 0.3) is 0 Å². The first-order valence-electron chi connectivity index (χ1n) is 7.55. The zero-order valence-corrected chi connectivity index (χ0v) is 12.9. The smallest absolute Gasteiger partial charge is 0.398 e. The Morgan fingerprint density at radius 1 is 1.00 bits per heavy atom. The van der Waals surface area contributed by atoms with E-state index in [4.69, 9.17) is 9.31 Å². The second-order valence-electron chi connectivity index (χ2n) is 5.51. The van der Waals surface area contributed by atoms with Crippen LogP contribution in [0, 0.1) is 0 Å². The highest BCUT2D eigenvalue weighted by molar-refractivity contribution is 6.61. The first-order valence-corrected chi connectivity index (χ1v) is 7.55. The Bertz CT molecular complexity index is 402. The van der Waals surface area contributed by atoms with E-state index >= 15 is 0 Å². The summed E-state index contributed by atoms with van der Waals surface area (Å²) in [4.78, 5) is 0. The Kier molecular flexibility index (Phi) is 4.12. The predicted molar refractivity (Wildman–Crippen MR) is 79.6 cm³/mol. The molecular weight excluding hydrogens is 237 g/mol. The van der Waals surface area contributed by atoms with Crippen molar-refractivity contribution in [3.05, 3.63) is 18.3 Å². The minimum absolute atomic E-state index is 0.161. The lowest BCUT2D eigenvalue weighted by Gasteiger charge is -2.42. The van der Waals surface area contributed by atoms with Crippen molar-refractivity contribution >= 4 is 12.7 Å². The average Bonchev–Trinajstić information content (AvgIpc) is 3.00. The van der Waals surface area contributed by atoms with Crippen LogP contribution in [0.4, 0.5) is 0 Å². The van der Waals surface area contributed by atoms with E-state index in [1.165, 1.54) is 0 Å². The molecule has 1 aliphatic rings. The summed E-state index contributed by atoms with van der Waals surface area (Å²) in [7, 11) is 1.80. The number of aromatic nitrogens is 1. The van der Waals surface area contributed by atoms with Crippen molar-refractivity contribution < 1.29 is 9.31 Å². The van der Waals surface area contributed by atoms with Crippen molar-refractivity contribution in [1.29, 1.82) is 0 Å². The Labute approximate surface area is 117 Å². The van der Waals surface area contributed by atoms with Gasteiger partial charge in [-0.2, -0.15) is 0 Å². The molecule has 1 aromatic rings. The highest BCUT2D eigenvalue weighted by atomic mass is 16.7. The van der Waals surface area contributed by atoms with E-state index in [2.05, 4.69) is 38.3 Å². The first kappa shape index (κ1) is 14.7. The van der Waals surface area contributed by atoms with Crippen molar-refractivity contribution in [2.45, 2.75) is 64.6 Å². The molecule has 0 bridgehead atoms. The molecule has 1 fully saturated rings. The monoisotopic (exact) mass is 263 g/mol. The maximum atomic E-state index is 6.43. The van der Waals surface area contributed by atoms with Gasteiger partial charge >= 0.3 is 7.12 Å². The Morgan fingerprint density at radius 3 is 1.79 bits per heavy atom. The number of rotatable bonds is 5. The van der Waals surface area contributed by atoms with Crippen molar-refractivity contribution in [3.8, 4) is 0 Å². The molecular formula is C15H26BNO2. The van der Waals surface area contributed by atoms with Gasteiger partial charge in [-0.25, -0.2) is 0 Å². The van der Waals surface area contributed by atoms with E-state index in [0.717, 1.165) is 31.3 Å². The van der Waals surface area contributed by atoms with Gasteiger partial charge in [0, 0.05) is 18.8 Å². The van der Waals surface area contributed by atoms with Crippen LogP contribution in [-0.4, -0.2) is 22.9 Å². The van der Waals surface area contributed by atoms with Crippen molar-refractivity contribution in [2.75, 3.05) is 0 Å². The second kappa shape index (κ2) is 5.33. The molecule has 19 heavy (non-hydrogen) atoms. The molecule has 2 rings (SSSR count). The minimum Gasteiger partial charge on any atom is -0.398 e. The van der Waals surface area contributed by atoms with Gasteiger partial charge < -0.3 is 13.9 Å². The number of hydrogen-bond acceptors (Lipinski definition) is 2. The first-order chi connectivity index (χ1) is 9.08. The lowest BCUT2D eigenvalue weighted by molar-refractivity contribution is -0.0601. The van der Waals surface area contributed by atoms with Crippen LogP contribution in [0.1, 0.15) is 53.4 Å². The Balaban J connectivity index is 2.38. The van der Waals surface area contributed by atoms with Crippen molar-refractivity contribution in [3.63, 3.8) is 0 Å². The summed E-state index contributed by atoms with van der Waals surface area (Å²) in [6.45, 7) is 8.83. The maximum Gasteiger partial charge on any atom is 0.512 e. The van der Waals surface area contributed by atoms with Gasteiger partial charge in [0.25, 0.3) is 0 Å². The van der Waals surface area contributed by atoms with Gasteiger partial charge in [0.15, 0.2) is 0 Å². The van der Waals surface area contributed by atoms with Crippen LogP contribution in [0.3, 0.4) is 0 Å². The summed E-state index contributed by atoms with van der Waals surface area (Å²) in [5.74, 6) is 0. The SMILES string of the molecule is CCC1(CC)OB(c2cccn2C)OC1(CC)CC. The van der Waals surface area contributed by atoms with E-state index in [1.807, 2.05) is 19.3 Å². The van der Waals surface area contributed by atoms with E-state index in [-0.39, 0.29) is 18.3 Å². The molecule has 0 aliphatic carbocycles. The standard InChI is InChI=1S/C15H26BNO2/c1-6-14(7-2)15(8-3,9-4)19-16(18-14)13-11-10-12-17(13)5/h10-12H,6-9H2,1-5H3. The highest BCUT2D eigenvalue weighted by Gasteiger charge is 2.58. The molecule has 0 radical (unpaired) electrons. The number of aryl methyl sites for hydroxylation is 1. The highest BCUT2D eigenvalue weighted by Crippen LogP contribution is 2.46. The molecule has 1 saturated heterocycles. The lowest BCUT2D eigenvalue weighted by atomic mass is 9.75. The second-order valence-corrected chi connectivity index (χ2v) is 5.51. The molecule has 1 aliphatic heterocycles. The molecule has 0 amide bonds. The van der Waals surface area contributed by atoms with Crippen LogP contribution < -0.4 is 5.59 Å². The van der Waals surface area contributed by atoms with Gasteiger partial charge in [-0.1, -0.05) is 27.7 Å². The fourth-order valence-electron chi connectivity index (χ4n) is 3.61. The predicted octanol–water partition coefficient (Wildman–Crippen LogP) is 2.88. The van der Waals surface area contributed by atoms with Crippen LogP contribution in [0.5, 0.6) is 0 Å². The fourth-order valence-corrected chi connectivity index (χ4v) is 3.61. The summed E-state index contributed by atoms with van der Waals surface area (Å²) in [6, 6.07) is 4.13. The van der Waals surface area contributed by atoms with E-state index < -0.39 is 0 Å². The molecule has 106 valence electrons. The van der Waals surface area contributed by atoms with Crippen LogP contribution in [-0.2, 0) is 16.4 Å². The van der Waals surface area contributed by atoms with E-state index in [0.29, 0.717) is 0 Å². The summed E-state index contributed by atoms with van der Waals surface area (Å²) >= 11 is 0. The summed E-state index contributed by atoms with van der Waals surface area (Å²) in [6.07, 6.45) is 6.01. The molecule has 3 nitrogen and oxygen atoms in total. The lowest BCUT2D eigenvalue weighted by Crippen LogP contribution is -2.50. The zero-order chi connectivity index (χ0) is 14.1. The molecule has 0 atom stereocenters. The van der Waals surface area contributed by atoms with Crippen LogP contribution in [0.2, 0.25) is 0 Å². The molecule has 0 saturated carbocycles. The third-order valence-electron chi connectivity index (χ3n) is 5.01. The quantitative estimate of drug-likeness (QED) is 0.762. The van der Waals surface area contributed by atoms with Gasteiger partial charge in [0.1, 0.15) is 0 Å². The van der Waals surface area contributed by atoms with Crippen molar-refractivity contribution in [1.82, 2.24) is 4.57 Å². The average molecular weight is 263 g/mol. The van der Waals surface area contributed by atoms with Gasteiger partial charge in [-0.05, 0) is 37.8 Å². The molecule has 1 aromatic heterocycles. The zero-order valence-electron chi connectivity index (χ0n) is 12.9. The van der Waals surface area contributed by atoms with E-state index in [1.54, 1.807) is 0 Å². The van der Waals surface area contributed by atoms with Crippen LogP contribution >= 0.6 is 0 Å². The van der Waals surface area contributed by atoms with E-state index in [9.17, 15) is 0 Å². The van der Waals surface area contributed by atoms with Gasteiger partial charge in [0.2, 0.25) is 0 Å². The van der Waals surface area contributed by atoms with Gasteiger partial charge in [0.05, 0.1) is 11.2 Å². The minimum atomic E-state index is -0.236. The summed E-state index contributed by atoms with van der Waals surface area (Å²) < 4.78 is 14.9. The normalized spacial score (nSPS) is 21.0. The molecule has 4 heteroatoms. The topological polar surface area (TPSA) is 23.4 Å². The van der Waals surface area contributed by atoms with Crippen LogP contribution in [0.15, 0.2) is 18.3 Å². The maximum absolute atomic E-state index is 6.43. The molecule has 0 unspecified atom stereocenters. The number of hydrogen-bond donors (Lipinski definition) is 0. The summed E-state index contributed by atoms with van der Waals surface area (Å²) in [5.41, 5.74) is 0.784. The largest absolute Gasteiger partial charge is 0.512 e. The fraction of sp³-hybridized carbons (Fsp3) is 0.733. The Morgan fingerprint density at radius 2 is 1.47 bits per heavy atom. The third-order valence-corrected chi connectivity index (χ3v) is 5.01. The molecule has 0 aromatic carbocycles. The summed E-state index contributed by atoms with van der Waals surface area (Å²) in [5, 5.41) is 0. The third kappa shape index (κ3) is 2.05. The number of nitrogens with zero attached hydrogens (tertiary/aromatic N) is 1. The van der Waals surface area contributed by atoms with Gasteiger partial charge in [-0.15, -0.1) is 0 Å².